The number of benzene rings is 1. The van der Waals surface area contributed by atoms with Crippen molar-refractivity contribution in [1.29, 1.82) is 0 Å². The molecule has 35 heavy (non-hydrogen) atoms. The van der Waals surface area contributed by atoms with Gasteiger partial charge in [0.25, 0.3) is 17.4 Å². The minimum atomic E-state index is -0.356. The SMILES string of the molecule is CCc1cc(C(=O)N2CCc3c(C(=O)NCc4ccc(OC)cc4)c(OC)cc(=O)n3CC2)no1. The highest BCUT2D eigenvalue weighted by molar-refractivity contribution is 5.98. The van der Waals surface area contributed by atoms with Crippen molar-refractivity contribution in [3.63, 3.8) is 0 Å². The van der Waals surface area contributed by atoms with E-state index in [1.54, 1.807) is 22.6 Å². The Bertz CT molecular complexity index is 1280. The number of hydrogen-bond acceptors (Lipinski definition) is 7. The molecule has 10 nitrogen and oxygen atoms in total. The first kappa shape index (κ1) is 24.1. The number of aromatic nitrogens is 2. The van der Waals surface area contributed by atoms with E-state index in [2.05, 4.69) is 10.5 Å². The van der Waals surface area contributed by atoms with Crippen LogP contribution in [0.15, 0.2) is 45.7 Å². The van der Waals surface area contributed by atoms with E-state index in [9.17, 15) is 14.4 Å². The van der Waals surface area contributed by atoms with Crippen LogP contribution in [0, 0.1) is 0 Å². The van der Waals surface area contributed by atoms with Gasteiger partial charge in [0.1, 0.15) is 22.8 Å². The Kier molecular flexibility index (Phi) is 7.19. The highest BCUT2D eigenvalue weighted by Crippen LogP contribution is 2.23. The zero-order valence-corrected chi connectivity index (χ0v) is 20.0. The fourth-order valence-electron chi connectivity index (χ4n) is 4.11. The summed E-state index contributed by atoms with van der Waals surface area (Å²) < 4.78 is 17.3. The number of amides is 2. The van der Waals surface area contributed by atoms with Crippen LogP contribution in [0.4, 0.5) is 0 Å². The maximum absolute atomic E-state index is 13.3. The highest BCUT2D eigenvalue weighted by Gasteiger charge is 2.28. The van der Waals surface area contributed by atoms with Crippen molar-refractivity contribution in [2.24, 2.45) is 0 Å². The van der Waals surface area contributed by atoms with Gasteiger partial charge >= 0.3 is 0 Å². The second-order valence-corrected chi connectivity index (χ2v) is 8.13. The van der Waals surface area contributed by atoms with Crippen LogP contribution in [0.3, 0.4) is 0 Å². The van der Waals surface area contributed by atoms with E-state index in [0.29, 0.717) is 49.5 Å². The van der Waals surface area contributed by atoms with Gasteiger partial charge in [-0.25, -0.2) is 0 Å². The zero-order chi connectivity index (χ0) is 24.9. The lowest BCUT2D eigenvalue weighted by Crippen LogP contribution is -2.34. The lowest BCUT2D eigenvalue weighted by Gasteiger charge is -2.18. The first-order chi connectivity index (χ1) is 16.9. The summed E-state index contributed by atoms with van der Waals surface area (Å²) in [5, 5.41) is 6.78. The van der Waals surface area contributed by atoms with Crippen LogP contribution in [-0.4, -0.2) is 53.7 Å². The molecule has 184 valence electrons. The Morgan fingerprint density at radius 3 is 2.51 bits per heavy atom. The van der Waals surface area contributed by atoms with E-state index in [4.69, 9.17) is 14.0 Å². The van der Waals surface area contributed by atoms with Crippen LogP contribution in [-0.2, 0) is 25.9 Å². The smallest absolute Gasteiger partial charge is 0.276 e. The van der Waals surface area contributed by atoms with Gasteiger partial charge in [-0.15, -0.1) is 0 Å². The number of carbonyl (C=O) groups is 2. The second kappa shape index (κ2) is 10.5. The number of ether oxygens (including phenoxy) is 2. The largest absolute Gasteiger partial charge is 0.497 e. The molecule has 3 aromatic rings. The van der Waals surface area contributed by atoms with Gasteiger partial charge in [0, 0.05) is 56.8 Å². The maximum Gasteiger partial charge on any atom is 0.276 e. The molecule has 0 spiro atoms. The van der Waals surface area contributed by atoms with Crippen molar-refractivity contribution in [3.05, 3.63) is 75.0 Å². The maximum atomic E-state index is 13.3. The molecule has 2 aromatic heterocycles. The Labute approximate surface area is 202 Å². The van der Waals surface area contributed by atoms with E-state index in [0.717, 1.165) is 11.3 Å². The molecule has 1 N–H and O–H groups in total. The minimum absolute atomic E-state index is 0.206. The first-order valence-electron chi connectivity index (χ1n) is 11.4. The standard InChI is InChI=1S/C25H28N4O6/c1-4-17-13-19(27-35-17)25(32)28-10-9-20-23(21(34-3)14-22(30)29(20)12-11-28)24(31)26-15-16-5-7-18(33-2)8-6-16/h5-8,13-14H,4,9-12,15H2,1-3H3,(H,26,31). The summed E-state index contributed by atoms with van der Waals surface area (Å²) in [4.78, 5) is 40.7. The predicted octanol–water partition coefficient (Wildman–Crippen LogP) is 2.04. The molecule has 0 saturated heterocycles. The summed E-state index contributed by atoms with van der Waals surface area (Å²) in [6.45, 7) is 3.08. The summed E-state index contributed by atoms with van der Waals surface area (Å²) in [5.74, 6) is 0.933. The minimum Gasteiger partial charge on any atom is -0.497 e. The van der Waals surface area contributed by atoms with Crippen molar-refractivity contribution in [2.75, 3.05) is 27.3 Å². The van der Waals surface area contributed by atoms with Gasteiger partial charge < -0.3 is 28.8 Å². The van der Waals surface area contributed by atoms with E-state index in [-0.39, 0.29) is 35.4 Å². The zero-order valence-electron chi connectivity index (χ0n) is 20.0. The Hall–Kier alpha value is -4.08. The molecule has 10 heteroatoms. The van der Waals surface area contributed by atoms with Gasteiger partial charge in [-0.3, -0.25) is 14.4 Å². The van der Waals surface area contributed by atoms with Crippen LogP contribution in [0.2, 0.25) is 0 Å². The fourth-order valence-corrected chi connectivity index (χ4v) is 4.11. The molecule has 0 radical (unpaired) electrons. The molecule has 1 aliphatic heterocycles. The lowest BCUT2D eigenvalue weighted by atomic mass is 10.1. The molecule has 1 aromatic carbocycles. The summed E-state index contributed by atoms with van der Waals surface area (Å²) >= 11 is 0. The average Bonchev–Trinajstić information content (AvgIpc) is 3.26. The number of nitrogens with zero attached hydrogens (tertiary/aromatic N) is 3. The molecule has 0 atom stereocenters. The van der Waals surface area contributed by atoms with E-state index >= 15 is 0 Å². The summed E-state index contributed by atoms with van der Waals surface area (Å²) in [7, 11) is 3.02. The molecular formula is C25H28N4O6. The number of methoxy groups -OCH3 is 2. The van der Waals surface area contributed by atoms with Crippen molar-refractivity contribution in [2.45, 2.75) is 32.9 Å². The van der Waals surface area contributed by atoms with Crippen molar-refractivity contribution in [3.8, 4) is 11.5 Å². The number of aryl methyl sites for hydroxylation is 1. The monoisotopic (exact) mass is 480 g/mol. The third kappa shape index (κ3) is 5.06. The number of rotatable bonds is 7. The van der Waals surface area contributed by atoms with Crippen LogP contribution < -0.4 is 20.3 Å². The van der Waals surface area contributed by atoms with Gasteiger partial charge in [0.2, 0.25) is 0 Å². The molecule has 2 amide bonds. The Morgan fingerprint density at radius 1 is 1.09 bits per heavy atom. The third-order valence-electron chi connectivity index (χ3n) is 6.07. The molecule has 0 aliphatic carbocycles. The fraction of sp³-hybridized carbons (Fsp3) is 0.360. The van der Waals surface area contributed by atoms with Gasteiger partial charge in [0.05, 0.1) is 14.2 Å². The second-order valence-electron chi connectivity index (χ2n) is 8.13. The molecular weight excluding hydrogens is 452 g/mol. The number of nitrogens with one attached hydrogen (secondary N) is 1. The number of carbonyl (C=O) groups excluding carboxylic acids is 2. The average molecular weight is 481 g/mol. The molecule has 1 aliphatic rings. The predicted molar refractivity (Wildman–Crippen MR) is 127 cm³/mol. The number of fused-ring (bicyclic) bond motifs is 1. The van der Waals surface area contributed by atoms with Crippen LogP contribution >= 0.6 is 0 Å². The van der Waals surface area contributed by atoms with E-state index in [1.807, 2.05) is 31.2 Å². The van der Waals surface area contributed by atoms with Crippen LogP contribution in [0.25, 0.3) is 0 Å². The molecule has 0 saturated carbocycles. The highest BCUT2D eigenvalue weighted by atomic mass is 16.5. The Morgan fingerprint density at radius 2 is 1.86 bits per heavy atom. The lowest BCUT2D eigenvalue weighted by molar-refractivity contribution is 0.0748. The van der Waals surface area contributed by atoms with Gasteiger partial charge in [0.15, 0.2) is 5.69 Å². The molecule has 0 unspecified atom stereocenters. The van der Waals surface area contributed by atoms with E-state index in [1.165, 1.54) is 13.2 Å². The summed E-state index contributed by atoms with van der Waals surface area (Å²) in [6, 6.07) is 10.3. The Balaban J connectivity index is 1.57. The van der Waals surface area contributed by atoms with Gasteiger partial charge in [-0.2, -0.15) is 0 Å². The topological polar surface area (TPSA) is 116 Å². The molecule has 0 fully saturated rings. The first-order valence-corrected chi connectivity index (χ1v) is 11.4. The normalized spacial score (nSPS) is 13.1. The number of hydrogen-bond donors (Lipinski definition) is 1. The molecule has 4 rings (SSSR count). The summed E-state index contributed by atoms with van der Waals surface area (Å²) in [5.41, 5.74) is 1.67. The van der Waals surface area contributed by atoms with Gasteiger partial charge in [-0.05, 0) is 17.7 Å². The molecule has 3 heterocycles. The van der Waals surface area contributed by atoms with Crippen molar-refractivity contribution < 1.29 is 23.6 Å². The number of pyridine rings is 1. The van der Waals surface area contributed by atoms with Gasteiger partial charge in [-0.1, -0.05) is 24.2 Å². The van der Waals surface area contributed by atoms with Crippen LogP contribution in [0.1, 0.15) is 44.8 Å². The van der Waals surface area contributed by atoms with E-state index < -0.39 is 0 Å². The van der Waals surface area contributed by atoms with Crippen LogP contribution in [0.5, 0.6) is 11.5 Å². The summed E-state index contributed by atoms with van der Waals surface area (Å²) in [6.07, 6.45) is 0.942. The van der Waals surface area contributed by atoms with Crippen molar-refractivity contribution in [1.82, 2.24) is 19.9 Å². The quantitative estimate of drug-likeness (QED) is 0.550. The molecule has 0 bridgehead atoms. The van der Waals surface area contributed by atoms with Crippen molar-refractivity contribution >= 4 is 11.8 Å². The third-order valence-corrected chi connectivity index (χ3v) is 6.07.